The van der Waals surface area contributed by atoms with E-state index in [4.69, 9.17) is 0 Å². The van der Waals surface area contributed by atoms with E-state index < -0.39 is 10.0 Å². The first-order chi connectivity index (χ1) is 7.93. The lowest BCUT2D eigenvalue weighted by Crippen LogP contribution is -2.49. The second-order valence-electron chi connectivity index (χ2n) is 4.21. The van der Waals surface area contributed by atoms with Gasteiger partial charge in [-0.25, -0.2) is 8.42 Å². The van der Waals surface area contributed by atoms with E-state index in [1.165, 1.54) is 10.6 Å². The summed E-state index contributed by atoms with van der Waals surface area (Å²) in [5.41, 5.74) is 0. The average Bonchev–Trinajstić information content (AvgIpc) is 2.28. The van der Waals surface area contributed by atoms with Crippen molar-refractivity contribution >= 4 is 15.9 Å². The second kappa shape index (κ2) is 6.32. The van der Waals surface area contributed by atoms with Crippen LogP contribution in [0.25, 0.3) is 0 Å². The molecule has 1 rings (SSSR count). The Morgan fingerprint density at radius 3 is 2.29 bits per heavy atom. The van der Waals surface area contributed by atoms with Crippen LogP contribution in [0.2, 0.25) is 0 Å². The molecule has 0 saturated carbocycles. The molecule has 0 aromatic heterocycles. The average molecular weight is 263 g/mol. The number of sulfonamides is 1. The molecule has 0 bridgehead atoms. The molecule has 0 aromatic rings. The van der Waals surface area contributed by atoms with Crippen molar-refractivity contribution < 1.29 is 13.2 Å². The summed E-state index contributed by atoms with van der Waals surface area (Å²) >= 11 is 0. The summed E-state index contributed by atoms with van der Waals surface area (Å²) in [6, 6.07) is 0. The highest BCUT2D eigenvalue weighted by Gasteiger charge is 2.22. The molecular formula is C10H21N3O3S. The van der Waals surface area contributed by atoms with E-state index in [2.05, 4.69) is 10.2 Å². The number of hydrogen-bond acceptors (Lipinski definition) is 4. The zero-order valence-corrected chi connectivity index (χ0v) is 11.3. The van der Waals surface area contributed by atoms with Gasteiger partial charge >= 0.3 is 0 Å². The molecule has 0 spiro atoms. The summed E-state index contributed by atoms with van der Waals surface area (Å²) in [4.78, 5) is 13.2. The highest BCUT2D eigenvalue weighted by molar-refractivity contribution is 7.88. The van der Waals surface area contributed by atoms with Gasteiger partial charge in [0.2, 0.25) is 15.9 Å². The van der Waals surface area contributed by atoms with Crippen molar-refractivity contribution in [2.45, 2.75) is 13.3 Å². The van der Waals surface area contributed by atoms with Crippen LogP contribution in [0.4, 0.5) is 0 Å². The van der Waals surface area contributed by atoms with Crippen molar-refractivity contribution in [2.24, 2.45) is 0 Å². The van der Waals surface area contributed by atoms with Crippen molar-refractivity contribution in [3.63, 3.8) is 0 Å². The van der Waals surface area contributed by atoms with Gasteiger partial charge in [0, 0.05) is 45.7 Å². The summed E-state index contributed by atoms with van der Waals surface area (Å²) in [7, 11) is -3.05. The Bertz CT molecular complexity index is 348. The van der Waals surface area contributed by atoms with E-state index in [9.17, 15) is 13.2 Å². The number of carbonyl (C=O) groups is 1. The van der Waals surface area contributed by atoms with Gasteiger partial charge in [0.1, 0.15) is 0 Å². The summed E-state index contributed by atoms with van der Waals surface area (Å²) < 4.78 is 24.1. The van der Waals surface area contributed by atoms with Crippen LogP contribution in [-0.2, 0) is 14.8 Å². The fraction of sp³-hybridized carbons (Fsp3) is 0.900. The number of nitrogens with zero attached hydrogens (tertiary/aromatic N) is 2. The predicted octanol–water partition coefficient (Wildman–Crippen LogP) is -0.910. The molecule has 0 atom stereocenters. The molecule has 1 aliphatic heterocycles. The summed E-state index contributed by atoms with van der Waals surface area (Å²) in [5.74, 6) is 0.0553. The van der Waals surface area contributed by atoms with E-state index in [0.717, 1.165) is 19.6 Å². The van der Waals surface area contributed by atoms with Crippen molar-refractivity contribution in [3.05, 3.63) is 0 Å². The first kappa shape index (κ1) is 14.4. The topological polar surface area (TPSA) is 69.7 Å². The SMILES string of the molecule is CCC(=O)NCCN1CCN(S(C)(=O)=O)CC1. The maximum atomic E-state index is 11.3. The first-order valence-corrected chi connectivity index (χ1v) is 7.72. The molecule has 1 saturated heterocycles. The maximum Gasteiger partial charge on any atom is 0.219 e. The van der Waals surface area contributed by atoms with Gasteiger partial charge in [0.15, 0.2) is 0 Å². The molecule has 100 valence electrons. The van der Waals surface area contributed by atoms with E-state index in [1.54, 1.807) is 0 Å². The highest BCUT2D eigenvalue weighted by Crippen LogP contribution is 2.04. The number of piperazine rings is 1. The largest absolute Gasteiger partial charge is 0.355 e. The van der Waals surface area contributed by atoms with Crippen molar-refractivity contribution in [1.82, 2.24) is 14.5 Å². The zero-order valence-electron chi connectivity index (χ0n) is 10.5. The minimum Gasteiger partial charge on any atom is -0.355 e. The molecule has 0 aromatic carbocycles. The van der Waals surface area contributed by atoms with Crippen molar-refractivity contribution in [2.75, 3.05) is 45.5 Å². The molecule has 1 heterocycles. The van der Waals surface area contributed by atoms with Gasteiger partial charge in [-0.3, -0.25) is 9.69 Å². The minimum atomic E-state index is -3.05. The molecule has 7 heteroatoms. The number of hydrogen-bond donors (Lipinski definition) is 1. The monoisotopic (exact) mass is 263 g/mol. The summed E-state index contributed by atoms with van der Waals surface area (Å²) in [5, 5.41) is 2.81. The highest BCUT2D eigenvalue weighted by atomic mass is 32.2. The van der Waals surface area contributed by atoms with E-state index >= 15 is 0 Å². The smallest absolute Gasteiger partial charge is 0.219 e. The molecule has 0 radical (unpaired) electrons. The number of carbonyl (C=O) groups excluding carboxylic acids is 1. The van der Waals surface area contributed by atoms with E-state index in [0.29, 0.717) is 26.1 Å². The van der Waals surface area contributed by atoms with Gasteiger partial charge in [-0.15, -0.1) is 0 Å². The van der Waals surface area contributed by atoms with Crippen molar-refractivity contribution in [1.29, 1.82) is 0 Å². The van der Waals surface area contributed by atoms with E-state index in [1.807, 2.05) is 6.92 Å². The van der Waals surface area contributed by atoms with Crippen molar-refractivity contribution in [3.8, 4) is 0 Å². The minimum absolute atomic E-state index is 0.0553. The number of rotatable bonds is 5. The van der Waals surface area contributed by atoms with Crippen LogP contribution in [0.5, 0.6) is 0 Å². The third-order valence-corrected chi connectivity index (χ3v) is 4.17. The fourth-order valence-corrected chi connectivity index (χ4v) is 2.59. The third kappa shape index (κ3) is 5.01. The summed E-state index contributed by atoms with van der Waals surface area (Å²) in [6.07, 6.45) is 1.74. The van der Waals surface area contributed by atoms with Crippen LogP contribution in [0.15, 0.2) is 0 Å². The maximum absolute atomic E-state index is 11.3. The number of nitrogens with one attached hydrogen (secondary N) is 1. The molecule has 0 unspecified atom stereocenters. The van der Waals surface area contributed by atoms with Gasteiger partial charge in [0.05, 0.1) is 6.26 Å². The molecule has 17 heavy (non-hydrogen) atoms. The normalized spacial score (nSPS) is 19.2. The zero-order chi connectivity index (χ0) is 12.9. The Balaban J connectivity index is 2.22. The molecule has 1 fully saturated rings. The van der Waals surface area contributed by atoms with Gasteiger partial charge in [0.25, 0.3) is 0 Å². The quantitative estimate of drug-likeness (QED) is 0.697. The van der Waals surface area contributed by atoms with Crippen LogP contribution < -0.4 is 5.32 Å². The standard InChI is InChI=1S/C10H21N3O3S/c1-3-10(14)11-4-5-12-6-8-13(9-7-12)17(2,15)16/h3-9H2,1-2H3,(H,11,14). The van der Waals surface area contributed by atoms with Gasteiger partial charge in [-0.05, 0) is 0 Å². The number of amides is 1. The Kier molecular flexibility index (Phi) is 5.35. The molecular weight excluding hydrogens is 242 g/mol. The second-order valence-corrected chi connectivity index (χ2v) is 6.19. The lowest BCUT2D eigenvalue weighted by atomic mass is 10.3. The molecule has 1 amide bonds. The van der Waals surface area contributed by atoms with Crippen LogP contribution in [-0.4, -0.2) is 69.1 Å². The lowest BCUT2D eigenvalue weighted by Gasteiger charge is -2.33. The Hall–Kier alpha value is -0.660. The van der Waals surface area contributed by atoms with Crippen LogP contribution in [0, 0.1) is 0 Å². The van der Waals surface area contributed by atoms with E-state index in [-0.39, 0.29) is 5.91 Å². The van der Waals surface area contributed by atoms with Crippen LogP contribution in [0.1, 0.15) is 13.3 Å². The van der Waals surface area contributed by atoms with Crippen LogP contribution >= 0.6 is 0 Å². The summed E-state index contributed by atoms with van der Waals surface area (Å²) in [6.45, 7) is 5.78. The predicted molar refractivity (Wildman–Crippen MR) is 66.2 cm³/mol. The molecule has 6 nitrogen and oxygen atoms in total. The Morgan fingerprint density at radius 2 is 1.82 bits per heavy atom. The fourth-order valence-electron chi connectivity index (χ4n) is 1.76. The van der Waals surface area contributed by atoms with Gasteiger partial charge in [-0.1, -0.05) is 6.92 Å². The Labute approximate surface area is 103 Å². The molecule has 0 aliphatic carbocycles. The Morgan fingerprint density at radius 1 is 1.24 bits per heavy atom. The third-order valence-electron chi connectivity index (χ3n) is 2.87. The molecule has 1 aliphatic rings. The first-order valence-electron chi connectivity index (χ1n) is 5.87. The van der Waals surface area contributed by atoms with Crippen LogP contribution in [0.3, 0.4) is 0 Å². The molecule has 1 N–H and O–H groups in total. The lowest BCUT2D eigenvalue weighted by molar-refractivity contribution is -0.120. The van der Waals surface area contributed by atoms with Gasteiger partial charge in [-0.2, -0.15) is 4.31 Å². The van der Waals surface area contributed by atoms with Gasteiger partial charge < -0.3 is 5.32 Å².